The number of rotatable bonds is 8. The maximum absolute atomic E-state index is 12.7. The smallest absolute Gasteiger partial charge is 0.260 e. The average Bonchev–Trinajstić information content (AvgIpc) is 3.41. The van der Waals surface area contributed by atoms with Crippen molar-refractivity contribution < 1.29 is 14.1 Å². The van der Waals surface area contributed by atoms with Gasteiger partial charge in [0.15, 0.2) is 17.5 Å². The highest BCUT2D eigenvalue weighted by Gasteiger charge is 2.17. The first-order valence-corrected chi connectivity index (χ1v) is 10.1. The molecule has 0 saturated carbocycles. The molecule has 0 aliphatic carbocycles. The van der Waals surface area contributed by atoms with Crippen LogP contribution in [0.3, 0.4) is 0 Å². The topological polar surface area (TPSA) is 100 Å². The van der Waals surface area contributed by atoms with Gasteiger partial charge in [-0.05, 0) is 25.0 Å². The first kappa shape index (κ1) is 19.7. The molecule has 8 nitrogen and oxygen atoms in total. The molecule has 30 heavy (non-hydrogen) atoms. The molecule has 0 atom stereocenters. The van der Waals surface area contributed by atoms with Crippen LogP contribution in [0.5, 0.6) is 5.75 Å². The molecule has 1 aromatic carbocycles. The zero-order chi connectivity index (χ0) is 20.9. The second kappa shape index (κ2) is 8.83. The molecule has 4 aromatic rings. The number of thiazole rings is 1. The van der Waals surface area contributed by atoms with E-state index in [1.165, 1.54) is 28.4 Å². The summed E-state index contributed by atoms with van der Waals surface area (Å²) in [5.74, 6) is 0.787. The van der Waals surface area contributed by atoms with E-state index < -0.39 is 0 Å². The van der Waals surface area contributed by atoms with E-state index >= 15 is 0 Å². The van der Waals surface area contributed by atoms with Crippen molar-refractivity contribution in [2.24, 2.45) is 0 Å². The lowest BCUT2D eigenvalue weighted by Gasteiger charge is -2.05. The molecule has 9 heteroatoms. The number of nitrogens with zero attached hydrogens (tertiary/aromatic N) is 4. The number of carbonyl (C=O) groups excluding carboxylic acids is 1. The molecule has 152 valence electrons. The number of aromatic nitrogens is 4. The molecule has 0 unspecified atom stereocenters. The number of Topliss-reactive ketones (excluding diaryl/α,β-unsaturated/α-hetero) is 1. The highest BCUT2D eigenvalue weighted by Crippen LogP contribution is 2.23. The average molecular weight is 422 g/mol. The minimum Gasteiger partial charge on any atom is -0.485 e. The molecule has 3 aromatic heterocycles. The van der Waals surface area contributed by atoms with Gasteiger partial charge in [0.2, 0.25) is 12.2 Å². The molecular formula is C21H18N4O4S. The fourth-order valence-corrected chi connectivity index (χ4v) is 3.90. The summed E-state index contributed by atoms with van der Waals surface area (Å²) < 4.78 is 11.5. The fraction of sp³-hybridized carbons (Fsp3) is 0.190. The van der Waals surface area contributed by atoms with Gasteiger partial charge < -0.3 is 9.26 Å². The minimum absolute atomic E-state index is 0.0215. The molecule has 0 bridgehead atoms. The van der Waals surface area contributed by atoms with E-state index in [4.69, 9.17) is 4.74 Å². The second-order valence-electron chi connectivity index (χ2n) is 6.53. The Bertz CT molecular complexity index is 1200. The van der Waals surface area contributed by atoms with Crippen molar-refractivity contribution in [2.75, 3.05) is 0 Å². The van der Waals surface area contributed by atoms with E-state index in [1.54, 1.807) is 19.2 Å². The molecule has 0 saturated heterocycles. The molecule has 0 N–H and O–H groups in total. The Kier molecular flexibility index (Phi) is 5.80. The van der Waals surface area contributed by atoms with Crippen LogP contribution in [-0.2, 0) is 13.0 Å². The quantitative estimate of drug-likeness (QED) is 0.401. The molecule has 4 rings (SSSR count). The largest absolute Gasteiger partial charge is 0.485 e. The normalized spacial score (nSPS) is 10.8. The van der Waals surface area contributed by atoms with Gasteiger partial charge in [-0.25, -0.2) is 4.98 Å². The van der Waals surface area contributed by atoms with Crippen molar-refractivity contribution in [3.05, 3.63) is 87.4 Å². The third-order valence-corrected chi connectivity index (χ3v) is 5.59. The third-order valence-electron chi connectivity index (χ3n) is 4.39. The summed E-state index contributed by atoms with van der Waals surface area (Å²) >= 11 is 1.22. The van der Waals surface area contributed by atoms with Crippen LogP contribution < -0.4 is 10.3 Å². The summed E-state index contributed by atoms with van der Waals surface area (Å²) in [5.41, 5.74) is 1.43. The Labute approximate surface area is 175 Å². The van der Waals surface area contributed by atoms with Gasteiger partial charge in [-0.15, -0.1) is 0 Å². The van der Waals surface area contributed by atoms with Crippen LogP contribution in [0.4, 0.5) is 0 Å². The number of ketones is 1. The number of pyridine rings is 1. The molecule has 0 radical (unpaired) electrons. The van der Waals surface area contributed by atoms with E-state index in [0.29, 0.717) is 40.1 Å². The third kappa shape index (κ3) is 4.52. The Morgan fingerprint density at radius 2 is 2.07 bits per heavy atom. The number of ether oxygens (including phenoxy) is 1. The van der Waals surface area contributed by atoms with Gasteiger partial charge in [0, 0.05) is 18.7 Å². The van der Waals surface area contributed by atoms with Gasteiger partial charge in [0.1, 0.15) is 5.75 Å². The number of hydrogen-bond acceptors (Lipinski definition) is 8. The summed E-state index contributed by atoms with van der Waals surface area (Å²) in [7, 11) is 0. The van der Waals surface area contributed by atoms with Gasteiger partial charge in [0.25, 0.3) is 5.56 Å². The maximum Gasteiger partial charge on any atom is 0.260 e. The summed E-state index contributed by atoms with van der Waals surface area (Å²) in [6.45, 7) is 1.87. The highest BCUT2D eigenvalue weighted by molar-refractivity contribution is 7.16. The number of benzene rings is 1. The van der Waals surface area contributed by atoms with E-state index in [9.17, 15) is 9.59 Å². The van der Waals surface area contributed by atoms with Crippen LogP contribution in [0, 0.1) is 6.92 Å². The molecule has 0 aliphatic rings. The minimum atomic E-state index is -0.308. The molecule has 3 heterocycles. The Morgan fingerprint density at radius 1 is 1.23 bits per heavy atom. The zero-order valence-corrected chi connectivity index (χ0v) is 17.0. The van der Waals surface area contributed by atoms with Crippen molar-refractivity contribution in [1.82, 2.24) is 19.7 Å². The fourth-order valence-electron chi connectivity index (χ4n) is 2.87. The van der Waals surface area contributed by atoms with Crippen molar-refractivity contribution in [3.8, 4) is 10.9 Å². The first-order valence-electron chi connectivity index (χ1n) is 9.26. The Hall–Kier alpha value is -3.59. The predicted octanol–water partition coefficient (Wildman–Crippen LogP) is 3.38. The van der Waals surface area contributed by atoms with Gasteiger partial charge in [-0.1, -0.05) is 46.8 Å². The van der Waals surface area contributed by atoms with Crippen molar-refractivity contribution in [2.45, 2.75) is 26.4 Å². The van der Waals surface area contributed by atoms with Crippen molar-refractivity contribution in [3.63, 3.8) is 0 Å². The maximum atomic E-state index is 12.7. The summed E-state index contributed by atoms with van der Waals surface area (Å²) in [6.07, 6.45) is 3.84. The lowest BCUT2D eigenvalue weighted by Crippen LogP contribution is -2.16. The summed E-state index contributed by atoms with van der Waals surface area (Å²) in [4.78, 5) is 34.0. The summed E-state index contributed by atoms with van der Waals surface area (Å²) in [6, 6.07) is 12.9. The predicted molar refractivity (Wildman–Crippen MR) is 110 cm³/mol. The Balaban J connectivity index is 1.46. The SMILES string of the molecule is Cc1nc(-n2ccc(OCc3ncon3)cc2=O)sc1C(=O)CCc1ccccc1. The second-order valence-corrected chi connectivity index (χ2v) is 7.50. The van der Waals surface area contributed by atoms with Gasteiger partial charge in [-0.2, -0.15) is 4.98 Å². The molecule has 0 spiro atoms. The molecule has 0 aliphatic heterocycles. The number of hydrogen-bond donors (Lipinski definition) is 0. The highest BCUT2D eigenvalue weighted by atomic mass is 32.1. The zero-order valence-electron chi connectivity index (χ0n) is 16.1. The van der Waals surface area contributed by atoms with E-state index in [2.05, 4.69) is 19.6 Å². The standard InChI is InChI=1S/C21H18N4O4S/c1-14-20(17(26)8-7-15-5-3-2-4-6-15)30-21(23-14)25-10-9-16(11-19(25)27)28-12-18-22-13-29-24-18/h2-6,9-11,13H,7-8,12H2,1H3. The van der Waals surface area contributed by atoms with Crippen LogP contribution in [0.15, 0.2) is 64.4 Å². The van der Waals surface area contributed by atoms with Crippen LogP contribution in [0.2, 0.25) is 0 Å². The van der Waals surface area contributed by atoms with Crippen LogP contribution in [0.25, 0.3) is 5.13 Å². The molecule has 0 fully saturated rings. The van der Waals surface area contributed by atoms with E-state index in [1.807, 2.05) is 30.3 Å². The van der Waals surface area contributed by atoms with E-state index in [0.717, 1.165) is 5.56 Å². The lowest BCUT2D eigenvalue weighted by molar-refractivity contribution is 0.0986. The van der Waals surface area contributed by atoms with Gasteiger partial charge in [0.05, 0.1) is 10.6 Å². The molecule has 0 amide bonds. The van der Waals surface area contributed by atoms with Crippen molar-refractivity contribution >= 4 is 17.1 Å². The molecular weight excluding hydrogens is 404 g/mol. The van der Waals surface area contributed by atoms with Crippen LogP contribution in [-0.4, -0.2) is 25.5 Å². The van der Waals surface area contributed by atoms with Crippen LogP contribution >= 0.6 is 11.3 Å². The monoisotopic (exact) mass is 422 g/mol. The lowest BCUT2D eigenvalue weighted by atomic mass is 10.1. The number of carbonyl (C=O) groups is 1. The van der Waals surface area contributed by atoms with Crippen molar-refractivity contribution in [1.29, 1.82) is 0 Å². The van der Waals surface area contributed by atoms with Gasteiger partial charge >= 0.3 is 0 Å². The number of aryl methyl sites for hydroxylation is 2. The van der Waals surface area contributed by atoms with E-state index in [-0.39, 0.29) is 17.9 Å². The first-order chi connectivity index (χ1) is 14.6. The Morgan fingerprint density at radius 3 is 2.80 bits per heavy atom. The van der Waals surface area contributed by atoms with Gasteiger partial charge in [-0.3, -0.25) is 14.2 Å². The van der Waals surface area contributed by atoms with Crippen LogP contribution in [0.1, 0.15) is 33.2 Å². The summed E-state index contributed by atoms with van der Waals surface area (Å²) in [5, 5.41) is 4.10.